The Kier molecular flexibility index (Phi) is 2.67. The smallest absolute Gasteiger partial charge is 0.242 e. The Balaban J connectivity index is 1.75. The number of aromatic hydroxyl groups is 1. The van der Waals surface area contributed by atoms with E-state index in [0.29, 0.717) is 12.1 Å². The molecule has 0 saturated carbocycles. The Morgan fingerprint density at radius 1 is 1.38 bits per heavy atom. The summed E-state index contributed by atoms with van der Waals surface area (Å²) in [7, 11) is 0. The van der Waals surface area contributed by atoms with Crippen molar-refractivity contribution in [3.8, 4) is 5.88 Å². The van der Waals surface area contributed by atoms with Gasteiger partial charge in [0.05, 0.1) is 25.6 Å². The summed E-state index contributed by atoms with van der Waals surface area (Å²) in [5.41, 5.74) is -0.422. The van der Waals surface area contributed by atoms with Crippen LogP contribution in [0.3, 0.4) is 0 Å². The van der Waals surface area contributed by atoms with Crippen LogP contribution in [0.5, 0.6) is 5.88 Å². The summed E-state index contributed by atoms with van der Waals surface area (Å²) < 4.78 is 13.0. The van der Waals surface area contributed by atoms with Crippen molar-refractivity contribution in [2.45, 2.75) is 30.5 Å². The zero-order valence-corrected chi connectivity index (χ0v) is 11.0. The Morgan fingerprint density at radius 2 is 2.24 bits per heavy atom. The van der Waals surface area contributed by atoms with Gasteiger partial charge in [-0.1, -0.05) is 0 Å². The molecule has 1 unspecified atom stereocenters. The topological polar surface area (TPSA) is 123 Å². The predicted octanol–water partition coefficient (Wildman–Crippen LogP) is -1.06. The third-order valence-corrected chi connectivity index (χ3v) is 4.15. The molecule has 0 radical (unpaired) electrons. The van der Waals surface area contributed by atoms with Crippen molar-refractivity contribution < 1.29 is 24.8 Å². The van der Waals surface area contributed by atoms with Crippen LogP contribution in [0.1, 0.15) is 12.6 Å². The van der Waals surface area contributed by atoms with Gasteiger partial charge in [-0.3, -0.25) is 4.57 Å². The van der Waals surface area contributed by atoms with Crippen LogP contribution in [-0.4, -0.2) is 65.9 Å². The zero-order valence-electron chi connectivity index (χ0n) is 11.0. The van der Waals surface area contributed by atoms with Gasteiger partial charge >= 0.3 is 0 Å². The number of fused-ring (bicyclic) bond motifs is 3. The van der Waals surface area contributed by atoms with Crippen molar-refractivity contribution in [3.63, 3.8) is 0 Å². The molecule has 2 saturated heterocycles. The summed E-state index contributed by atoms with van der Waals surface area (Å²) in [5, 5.41) is 29.4. The van der Waals surface area contributed by atoms with Crippen molar-refractivity contribution in [2.75, 3.05) is 13.2 Å². The van der Waals surface area contributed by atoms with Gasteiger partial charge in [-0.05, 0) is 0 Å². The maximum atomic E-state index is 10.1. The quantitative estimate of drug-likeness (QED) is 0.640. The second kappa shape index (κ2) is 4.34. The highest BCUT2D eigenvalue weighted by atomic mass is 16.6. The Hall–Kier alpha value is -1.81. The molecule has 0 aliphatic carbocycles. The van der Waals surface area contributed by atoms with Crippen LogP contribution in [0.25, 0.3) is 11.2 Å². The third-order valence-electron chi connectivity index (χ3n) is 4.15. The molecule has 21 heavy (non-hydrogen) atoms. The van der Waals surface area contributed by atoms with Crippen LogP contribution < -0.4 is 0 Å². The minimum Gasteiger partial charge on any atom is -0.492 e. The van der Waals surface area contributed by atoms with Gasteiger partial charge in [-0.2, -0.15) is 4.98 Å². The van der Waals surface area contributed by atoms with Gasteiger partial charge < -0.3 is 24.8 Å². The standard InChI is InChI=1S/C12H14N4O5/c17-2-12-3-20-6(9(12)18)1-7(21-12)16-5-15-8-10(16)13-4-14-11(8)19/h4-7,9,17-18H,1-3H2,(H,13,14,19)/t6?,7-,9+,12+/m1/s1. The average Bonchev–Trinajstić information content (AvgIpc) is 2.98. The van der Waals surface area contributed by atoms with Crippen LogP contribution >= 0.6 is 0 Å². The van der Waals surface area contributed by atoms with Crippen LogP contribution in [0.15, 0.2) is 12.7 Å². The fourth-order valence-corrected chi connectivity index (χ4v) is 2.98. The van der Waals surface area contributed by atoms with Crippen molar-refractivity contribution in [1.29, 1.82) is 0 Å². The molecule has 4 heterocycles. The van der Waals surface area contributed by atoms with Gasteiger partial charge in [0.2, 0.25) is 5.88 Å². The lowest BCUT2D eigenvalue weighted by Crippen LogP contribution is -2.54. The highest BCUT2D eigenvalue weighted by Crippen LogP contribution is 2.42. The molecule has 9 heteroatoms. The van der Waals surface area contributed by atoms with Crippen LogP contribution in [0, 0.1) is 0 Å². The Bertz CT molecular complexity index is 691. The first-order valence-corrected chi connectivity index (χ1v) is 6.59. The first-order chi connectivity index (χ1) is 10.1. The highest BCUT2D eigenvalue weighted by molar-refractivity contribution is 5.75. The molecule has 0 spiro atoms. The van der Waals surface area contributed by atoms with E-state index in [9.17, 15) is 15.3 Å². The maximum absolute atomic E-state index is 10.1. The summed E-state index contributed by atoms with van der Waals surface area (Å²) in [6, 6.07) is 0. The molecule has 2 fully saturated rings. The number of hydrogen-bond donors (Lipinski definition) is 3. The molecule has 0 aromatic carbocycles. The minimum atomic E-state index is -1.13. The molecule has 112 valence electrons. The molecule has 2 aromatic heterocycles. The van der Waals surface area contributed by atoms with Crippen molar-refractivity contribution in [2.24, 2.45) is 0 Å². The largest absolute Gasteiger partial charge is 0.492 e. The number of hydrogen-bond acceptors (Lipinski definition) is 8. The van der Waals surface area contributed by atoms with Gasteiger partial charge in [0.15, 0.2) is 11.2 Å². The maximum Gasteiger partial charge on any atom is 0.242 e. The number of aliphatic hydroxyl groups excluding tert-OH is 2. The molecule has 2 aliphatic heterocycles. The number of rotatable bonds is 2. The third kappa shape index (κ3) is 1.69. The van der Waals surface area contributed by atoms with Gasteiger partial charge in [-0.15, -0.1) is 0 Å². The number of aromatic nitrogens is 4. The molecule has 4 rings (SSSR count). The molecule has 2 bridgehead atoms. The zero-order chi connectivity index (χ0) is 14.6. The van der Waals surface area contributed by atoms with Gasteiger partial charge in [0.1, 0.15) is 24.3 Å². The molecule has 3 N–H and O–H groups in total. The van der Waals surface area contributed by atoms with E-state index in [1.54, 1.807) is 4.57 Å². The first-order valence-electron chi connectivity index (χ1n) is 6.59. The van der Waals surface area contributed by atoms with E-state index in [4.69, 9.17) is 9.47 Å². The summed E-state index contributed by atoms with van der Waals surface area (Å²) in [4.78, 5) is 11.8. The van der Waals surface area contributed by atoms with Crippen molar-refractivity contribution >= 4 is 11.2 Å². The summed E-state index contributed by atoms with van der Waals surface area (Å²) in [6.45, 7) is -0.202. The lowest BCUT2D eigenvalue weighted by Gasteiger charge is -2.39. The van der Waals surface area contributed by atoms with Gasteiger partial charge in [0.25, 0.3) is 0 Å². The fraction of sp³-hybridized carbons (Fsp3) is 0.583. The van der Waals surface area contributed by atoms with E-state index in [1.807, 2.05) is 0 Å². The molecule has 2 aliphatic rings. The van der Waals surface area contributed by atoms with Gasteiger partial charge in [0, 0.05) is 6.42 Å². The second-order valence-corrected chi connectivity index (χ2v) is 5.35. The number of aliphatic hydroxyl groups is 2. The van der Waals surface area contributed by atoms with Crippen LogP contribution in [0.4, 0.5) is 0 Å². The Labute approximate surface area is 118 Å². The molecule has 9 nitrogen and oxygen atoms in total. The van der Waals surface area contributed by atoms with E-state index in [1.165, 1.54) is 12.7 Å². The van der Waals surface area contributed by atoms with E-state index >= 15 is 0 Å². The number of imidazole rings is 1. The van der Waals surface area contributed by atoms with Crippen LogP contribution in [-0.2, 0) is 9.47 Å². The normalized spacial score (nSPS) is 35.4. The van der Waals surface area contributed by atoms with Crippen molar-refractivity contribution in [1.82, 2.24) is 19.5 Å². The summed E-state index contributed by atoms with van der Waals surface area (Å²) in [6.07, 6.45) is 1.36. The summed E-state index contributed by atoms with van der Waals surface area (Å²) in [5.74, 6) is -0.203. The SMILES string of the molecule is OC[C@@]12COC(C[C@H](n3cnc4c(O)ncnc43)O1)[C@@H]2O. The van der Waals surface area contributed by atoms with E-state index < -0.39 is 24.0 Å². The van der Waals surface area contributed by atoms with E-state index in [0.717, 1.165) is 0 Å². The lowest BCUT2D eigenvalue weighted by molar-refractivity contribution is -0.206. The highest BCUT2D eigenvalue weighted by Gasteiger charge is 2.56. The van der Waals surface area contributed by atoms with Crippen molar-refractivity contribution in [3.05, 3.63) is 12.7 Å². The number of nitrogens with zero attached hydrogens (tertiary/aromatic N) is 4. The van der Waals surface area contributed by atoms with Crippen LogP contribution in [0.2, 0.25) is 0 Å². The summed E-state index contributed by atoms with van der Waals surface area (Å²) >= 11 is 0. The number of ether oxygens (including phenoxy) is 2. The molecule has 2 aromatic rings. The predicted molar refractivity (Wildman–Crippen MR) is 67.3 cm³/mol. The minimum absolute atomic E-state index is 0.138. The molecular weight excluding hydrogens is 280 g/mol. The first kappa shape index (κ1) is 12.9. The fourth-order valence-electron chi connectivity index (χ4n) is 2.98. The molecule has 4 atom stereocenters. The monoisotopic (exact) mass is 294 g/mol. The molecular formula is C12H14N4O5. The van der Waals surface area contributed by atoms with E-state index in [-0.39, 0.29) is 24.6 Å². The Morgan fingerprint density at radius 3 is 3.05 bits per heavy atom. The van der Waals surface area contributed by atoms with E-state index in [2.05, 4.69) is 15.0 Å². The lowest BCUT2D eigenvalue weighted by atomic mass is 9.92. The van der Waals surface area contributed by atoms with Gasteiger partial charge in [-0.25, -0.2) is 9.97 Å². The second-order valence-electron chi connectivity index (χ2n) is 5.35. The molecule has 0 amide bonds. The average molecular weight is 294 g/mol.